The zero-order valence-electron chi connectivity index (χ0n) is 33.1. The van der Waals surface area contributed by atoms with Crippen molar-refractivity contribution in [1.29, 1.82) is 0 Å². The Morgan fingerprint density at radius 1 is 0.849 bits per heavy atom. The van der Waals surface area contributed by atoms with E-state index in [9.17, 15) is 33.6 Å². The first kappa shape index (κ1) is 40.7. The average molecular weight is 741 g/mol. The number of hydrogen-bond donors (Lipinski definition) is 4. The van der Waals surface area contributed by atoms with Gasteiger partial charge in [-0.15, -0.1) is 0 Å². The molecule has 5 fully saturated rings. The minimum Gasteiger partial charge on any atom is -0.349 e. The highest BCUT2D eigenvalue weighted by atomic mass is 16.2. The van der Waals surface area contributed by atoms with Crippen molar-refractivity contribution in [2.75, 3.05) is 19.6 Å². The molecule has 0 aromatic heterocycles. The van der Waals surface area contributed by atoms with Crippen LogP contribution < -0.4 is 21.3 Å². The second kappa shape index (κ2) is 16.1. The van der Waals surface area contributed by atoms with Crippen LogP contribution in [-0.2, 0) is 28.8 Å². The molecule has 2 aliphatic carbocycles. The highest BCUT2D eigenvalue weighted by Gasteiger charge is 2.69. The summed E-state index contributed by atoms with van der Waals surface area (Å²) in [6.07, 6.45) is 9.33. The first-order chi connectivity index (χ1) is 24.8. The van der Waals surface area contributed by atoms with Gasteiger partial charge in [-0.05, 0) is 59.7 Å². The monoisotopic (exact) mass is 740 g/mol. The van der Waals surface area contributed by atoms with Crippen LogP contribution in [0, 0.1) is 34.0 Å². The number of fused-ring (bicyclic) bond motifs is 3. The van der Waals surface area contributed by atoms with Crippen molar-refractivity contribution in [3.8, 4) is 0 Å². The van der Waals surface area contributed by atoms with Crippen LogP contribution in [0.2, 0.25) is 0 Å². The van der Waals surface area contributed by atoms with Crippen molar-refractivity contribution in [3.63, 3.8) is 0 Å². The summed E-state index contributed by atoms with van der Waals surface area (Å²) < 4.78 is 0. The summed E-state index contributed by atoms with van der Waals surface area (Å²) >= 11 is 0. The second-order valence-electron chi connectivity index (χ2n) is 19.0. The highest BCUT2D eigenvalue weighted by Crippen LogP contribution is 2.65. The molecule has 0 bridgehead atoms. The van der Waals surface area contributed by atoms with Crippen LogP contribution >= 0.6 is 0 Å². The quantitative estimate of drug-likeness (QED) is 0.216. The van der Waals surface area contributed by atoms with Crippen molar-refractivity contribution in [1.82, 2.24) is 31.1 Å². The molecule has 13 heteroatoms. The number of urea groups is 1. The smallest absolute Gasteiger partial charge is 0.315 e. The van der Waals surface area contributed by atoms with E-state index in [-0.39, 0.29) is 54.4 Å². The van der Waals surface area contributed by atoms with Gasteiger partial charge in [0.2, 0.25) is 29.4 Å². The summed E-state index contributed by atoms with van der Waals surface area (Å²) in [6.45, 7) is 14.6. The van der Waals surface area contributed by atoms with E-state index >= 15 is 0 Å². The van der Waals surface area contributed by atoms with Crippen molar-refractivity contribution in [3.05, 3.63) is 0 Å². The standard InChI is InChI=1S/C40H64N6O7/c1-38(2,3)28(23-45-29(47)19-39(4,5)20-30(45)48)44-37(53)43-27-16-14-12-10-8-9-11-13-15-26(33(49)35(51)41-21-24-17-18-24)42-34(50)32-31-25(40(31,6)7)22-46(32)36(27)52/h24-28,31-32H,8-23H2,1-7H3,(H,41,51)(H,42,50)(H2,43,44,53)/t25-,26-,27-,28+,31-,32-/m0/s1. The van der Waals surface area contributed by atoms with Gasteiger partial charge in [0, 0.05) is 32.5 Å². The number of nitrogens with one attached hydrogen (secondary N) is 4. The molecule has 2 saturated carbocycles. The molecule has 6 atom stereocenters. The van der Waals surface area contributed by atoms with Gasteiger partial charge in [-0.3, -0.25) is 33.7 Å². The van der Waals surface area contributed by atoms with Crippen molar-refractivity contribution in [2.24, 2.45) is 34.0 Å². The third-order valence-electron chi connectivity index (χ3n) is 12.5. The number of rotatable bonds is 8. The summed E-state index contributed by atoms with van der Waals surface area (Å²) in [6, 6.07) is -3.90. The molecular weight excluding hydrogens is 676 g/mol. The second-order valence-corrected chi connectivity index (χ2v) is 19.0. The van der Waals surface area contributed by atoms with Gasteiger partial charge in [0.1, 0.15) is 12.1 Å². The van der Waals surface area contributed by atoms with Crippen LogP contribution in [0.4, 0.5) is 4.79 Å². The Morgan fingerprint density at radius 2 is 1.43 bits per heavy atom. The van der Waals surface area contributed by atoms with E-state index in [2.05, 4.69) is 35.1 Å². The van der Waals surface area contributed by atoms with Gasteiger partial charge in [-0.25, -0.2) is 4.79 Å². The van der Waals surface area contributed by atoms with Gasteiger partial charge in [0.25, 0.3) is 5.91 Å². The fourth-order valence-corrected chi connectivity index (χ4v) is 8.67. The molecule has 3 aliphatic heterocycles. The molecule has 13 nitrogen and oxygen atoms in total. The maximum atomic E-state index is 14.5. The van der Waals surface area contributed by atoms with E-state index in [1.54, 1.807) is 4.90 Å². The molecule has 7 amide bonds. The molecule has 4 N–H and O–H groups in total. The van der Waals surface area contributed by atoms with Crippen molar-refractivity contribution in [2.45, 2.75) is 156 Å². The normalized spacial score (nSPS) is 30.1. The third-order valence-corrected chi connectivity index (χ3v) is 12.5. The van der Waals surface area contributed by atoms with Gasteiger partial charge in [-0.1, -0.05) is 93.4 Å². The zero-order chi connectivity index (χ0) is 38.9. The van der Waals surface area contributed by atoms with Gasteiger partial charge >= 0.3 is 6.03 Å². The number of Topliss-reactive ketones (excluding diaryl/α,β-unsaturated/α-hetero) is 1. The number of likely N-dealkylation sites (tertiary alicyclic amines) is 1. The van der Waals surface area contributed by atoms with E-state index in [0.717, 1.165) is 44.9 Å². The Labute approximate surface area is 315 Å². The van der Waals surface area contributed by atoms with Crippen molar-refractivity contribution >= 4 is 41.4 Å². The lowest BCUT2D eigenvalue weighted by Crippen LogP contribution is -2.61. The fourth-order valence-electron chi connectivity index (χ4n) is 8.67. The SMILES string of the molecule is CC1(C)CC(=O)N(C[C@@H](NC(=O)N[C@H]2CCCCCCCCC[C@@H](C(=O)C(=O)NCC3CC3)NC(=O)[C@@H]3[C@@H]4[C@H](CN3C2=O)C4(C)C)C(C)(C)C)C(=O)C1. The largest absolute Gasteiger partial charge is 0.349 e. The van der Waals surface area contributed by atoms with Crippen LogP contribution in [-0.4, -0.2) is 95.0 Å². The number of imide groups is 1. The lowest BCUT2D eigenvalue weighted by atomic mass is 9.80. The molecule has 5 rings (SSSR count). The van der Waals surface area contributed by atoms with E-state index in [1.165, 1.54) is 4.90 Å². The molecule has 53 heavy (non-hydrogen) atoms. The van der Waals surface area contributed by atoms with E-state index in [0.29, 0.717) is 44.7 Å². The Kier molecular flexibility index (Phi) is 12.3. The topological polar surface area (TPSA) is 174 Å². The average Bonchev–Trinajstić information content (AvgIpc) is 3.92. The summed E-state index contributed by atoms with van der Waals surface area (Å²) in [5, 5.41) is 11.6. The Hall–Kier alpha value is -3.51. The van der Waals surface area contributed by atoms with Gasteiger partial charge in [0.15, 0.2) is 0 Å². The number of nitrogens with zero attached hydrogens (tertiary/aromatic N) is 2. The van der Waals surface area contributed by atoms with Gasteiger partial charge < -0.3 is 26.2 Å². The summed E-state index contributed by atoms with van der Waals surface area (Å²) in [4.78, 5) is 97.6. The predicted molar refractivity (Wildman–Crippen MR) is 199 cm³/mol. The van der Waals surface area contributed by atoms with Crippen molar-refractivity contribution < 1.29 is 33.6 Å². The molecule has 0 unspecified atom stereocenters. The van der Waals surface area contributed by atoms with Gasteiger partial charge in [0.05, 0.1) is 12.1 Å². The number of carbonyl (C=O) groups excluding carboxylic acids is 7. The molecule has 0 aromatic carbocycles. The zero-order valence-corrected chi connectivity index (χ0v) is 33.1. The Bertz CT molecular complexity index is 1430. The van der Waals surface area contributed by atoms with E-state index < -0.39 is 58.6 Å². The molecule has 296 valence electrons. The summed E-state index contributed by atoms with van der Waals surface area (Å²) in [7, 11) is 0. The number of piperidine rings is 2. The van der Waals surface area contributed by atoms with Crippen LogP contribution in [0.1, 0.15) is 132 Å². The molecule has 0 radical (unpaired) electrons. The lowest BCUT2D eigenvalue weighted by molar-refractivity contribution is -0.153. The van der Waals surface area contributed by atoms with E-state index in [1.807, 2.05) is 34.6 Å². The highest BCUT2D eigenvalue weighted by molar-refractivity contribution is 6.38. The molecule has 3 heterocycles. The predicted octanol–water partition coefficient (Wildman–Crippen LogP) is 3.83. The molecular formula is C40H64N6O7. The van der Waals surface area contributed by atoms with E-state index in [4.69, 9.17) is 0 Å². The third kappa shape index (κ3) is 9.98. The molecule has 0 spiro atoms. The molecule has 5 aliphatic rings. The molecule has 0 aromatic rings. The minimum atomic E-state index is -0.980. The first-order valence-electron chi connectivity index (χ1n) is 20.1. The van der Waals surface area contributed by atoms with Crippen LogP contribution in [0.5, 0.6) is 0 Å². The first-order valence-corrected chi connectivity index (χ1v) is 20.1. The minimum absolute atomic E-state index is 0.0224. The number of hydrogen-bond acceptors (Lipinski definition) is 7. The maximum absolute atomic E-state index is 14.5. The van der Waals surface area contributed by atoms with Gasteiger partial charge in [-0.2, -0.15) is 0 Å². The maximum Gasteiger partial charge on any atom is 0.315 e. The fraction of sp³-hybridized carbons (Fsp3) is 0.825. The van der Waals surface area contributed by atoms with Crippen LogP contribution in [0.15, 0.2) is 0 Å². The van der Waals surface area contributed by atoms with Crippen LogP contribution in [0.3, 0.4) is 0 Å². The Morgan fingerprint density at radius 3 is 2.02 bits per heavy atom. The number of ketones is 1. The molecule has 3 saturated heterocycles. The summed E-state index contributed by atoms with van der Waals surface area (Å²) in [5.41, 5.74) is -1.12. The summed E-state index contributed by atoms with van der Waals surface area (Å²) in [5.74, 6) is -2.27. The number of carbonyl (C=O) groups is 7. The lowest BCUT2D eigenvalue weighted by Gasteiger charge is -2.40. The number of amides is 7. The van der Waals surface area contributed by atoms with Crippen LogP contribution in [0.25, 0.3) is 0 Å². The Balaban J connectivity index is 1.33.